The van der Waals surface area contributed by atoms with Gasteiger partial charge < -0.3 is 15.0 Å². The highest BCUT2D eigenvalue weighted by atomic mass is 16.5. The number of benzene rings is 1. The van der Waals surface area contributed by atoms with E-state index in [1.54, 1.807) is 24.3 Å². The lowest BCUT2D eigenvalue weighted by atomic mass is 10.1. The van der Waals surface area contributed by atoms with Gasteiger partial charge in [0, 0.05) is 63.6 Å². The average Bonchev–Trinajstić information content (AvgIpc) is 2.62. The number of nitrogens with zero attached hydrogens (tertiary/aromatic N) is 2. The summed E-state index contributed by atoms with van der Waals surface area (Å²) in [6, 6.07) is 7.70. The van der Waals surface area contributed by atoms with Gasteiger partial charge in [-0.05, 0) is 37.1 Å². The molecule has 0 spiro atoms. The first-order chi connectivity index (χ1) is 11.6. The lowest BCUT2D eigenvalue weighted by Crippen LogP contribution is -2.53. The Labute approximate surface area is 142 Å². The van der Waals surface area contributed by atoms with Crippen LogP contribution in [0.3, 0.4) is 0 Å². The van der Waals surface area contributed by atoms with E-state index in [1.807, 2.05) is 4.90 Å². The van der Waals surface area contributed by atoms with Gasteiger partial charge >= 0.3 is 0 Å². The number of piperazine rings is 1. The second-order valence-electron chi connectivity index (χ2n) is 6.43. The third-order valence-electron chi connectivity index (χ3n) is 4.76. The number of carbonyl (C=O) groups is 2. The Hall–Kier alpha value is -1.92. The van der Waals surface area contributed by atoms with Crippen LogP contribution in [0, 0.1) is 0 Å². The first kappa shape index (κ1) is 16.9. The van der Waals surface area contributed by atoms with Crippen LogP contribution in [0.2, 0.25) is 0 Å². The van der Waals surface area contributed by atoms with Crippen LogP contribution in [0.1, 0.15) is 30.1 Å². The van der Waals surface area contributed by atoms with E-state index in [2.05, 4.69) is 10.2 Å². The number of amides is 2. The molecule has 2 aliphatic rings. The van der Waals surface area contributed by atoms with Gasteiger partial charge in [-0.1, -0.05) is 0 Å². The molecule has 0 radical (unpaired) electrons. The van der Waals surface area contributed by atoms with E-state index in [9.17, 15) is 9.59 Å². The average molecular weight is 331 g/mol. The summed E-state index contributed by atoms with van der Waals surface area (Å²) in [5.41, 5.74) is 1.38. The van der Waals surface area contributed by atoms with Crippen molar-refractivity contribution in [1.82, 2.24) is 9.80 Å². The number of carbonyl (C=O) groups excluding carboxylic acids is 2. The van der Waals surface area contributed by atoms with Gasteiger partial charge in [-0.2, -0.15) is 0 Å². The van der Waals surface area contributed by atoms with Crippen LogP contribution >= 0.6 is 0 Å². The van der Waals surface area contributed by atoms with Crippen molar-refractivity contribution in [1.29, 1.82) is 0 Å². The maximum absolute atomic E-state index is 12.6. The van der Waals surface area contributed by atoms with Gasteiger partial charge in [-0.25, -0.2) is 0 Å². The van der Waals surface area contributed by atoms with Crippen LogP contribution in [0.15, 0.2) is 24.3 Å². The number of nitrogens with one attached hydrogen (secondary N) is 1. The molecule has 0 bridgehead atoms. The van der Waals surface area contributed by atoms with E-state index < -0.39 is 0 Å². The van der Waals surface area contributed by atoms with Crippen LogP contribution in [-0.4, -0.2) is 67.0 Å². The molecular weight excluding hydrogens is 306 g/mol. The maximum atomic E-state index is 12.6. The van der Waals surface area contributed by atoms with E-state index in [-0.39, 0.29) is 11.8 Å². The van der Waals surface area contributed by atoms with Gasteiger partial charge in [0.05, 0.1) is 0 Å². The number of hydrogen-bond donors (Lipinski definition) is 1. The van der Waals surface area contributed by atoms with Crippen LogP contribution in [0.4, 0.5) is 5.69 Å². The summed E-state index contributed by atoms with van der Waals surface area (Å²) >= 11 is 0. The zero-order valence-electron chi connectivity index (χ0n) is 14.2. The maximum Gasteiger partial charge on any atom is 0.253 e. The van der Waals surface area contributed by atoms with E-state index >= 15 is 0 Å². The fourth-order valence-corrected chi connectivity index (χ4v) is 3.42. The smallest absolute Gasteiger partial charge is 0.253 e. The van der Waals surface area contributed by atoms with Crippen molar-refractivity contribution in [2.45, 2.75) is 25.8 Å². The first-order valence-corrected chi connectivity index (χ1v) is 8.62. The Kier molecular flexibility index (Phi) is 5.48. The number of hydrogen-bond acceptors (Lipinski definition) is 4. The molecule has 0 unspecified atom stereocenters. The van der Waals surface area contributed by atoms with E-state index in [4.69, 9.17) is 4.74 Å². The minimum atomic E-state index is -0.113. The Morgan fingerprint density at radius 3 is 2.25 bits per heavy atom. The molecule has 24 heavy (non-hydrogen) atoms. The summed E-state index contributed by atoms with van der Waals surface area (Å²) in [5.74, 6) is -0.0469. The highest BCUT2D eigenvalue weighted by Crippen LogP contribution is 2.18. The summed E-state index contributed by atoms with van der Waals surface area (Å²) in [6.07, 6.45) is 2.19. The molecule has 0 atom stereocenters. The summed E-state index contributed by atoms with van der Waals surface area (Å²) in [7, 11) is 0. The third-order valence-corrected chi connectivity index (χ3v) is 4.76. The molecule has 2 heterocycles. The van der Waals surface area contributed by atoms with Crippen molar-refractivity contribution < 1.29 is 14.3 Å². The van der Waals surface area contributed by atoms with Crippen LogP contribution in [-0.2, 0) is 9.53 Å². The molecule has 0 aromatic heterocycles. The molecule has 6 nitrogen and oxygen atoms in total. The molecule has 0 saturated carbocycles. The molecule has 2 amide bonds. The Balaban J connectivity index is 1.53. The van der Waals surface area contributed by atoms with Crippen LogP contribution in [0.25, 0.3) is 0 Å². The molecule has 1 N–H and O–H groups in total. The van der Waals surface area contributed by atoms with Crippen molar-refractivity contribution in [2.75, 3.05) is 44.7 Å². The van der Waals surface area contributed by atoms with E-state index in [1.165, 1.54) is 6.92 Å². The predicted octanol–water partition coefficient (Wildman–Crippen LogP) is 1.58. The fourth-order valence-electron chi connectivity index (χ4n) is 3.42. The largest absolute Gasteiger partial charge is 0.381 e. The predicted molar refractivity (Wildman–Crippen MR) is 92.1 cm³/mol. The number of anilines is 1. The molecule has 1 aromatic rings. The quantitative estimate of drug-likeness (QED) is 0.913. The van der Waals surface area contributed by atoms with Crippen molar-refractivity contribution in [3.05, 3.63) is 29.8 Å². The Morgan fingerprint density at radius 1 is 1.04 bits per heavy atom. The normalized spacial score (nSPS) is 20.0. The standard InChI is InChI=1S/C18H25N3O3/c1-14(22)19-16-4-2-15(3-5-16)18(23)21-10-8-20(9-11-21)17-6-12-24-13-7-17/h2-5,17H,6-13H2,1H3,(H,19,22). The molecule has 6 heteroatoms. The molecule has 0 aliphatic carbocycles. The molecule has 2 saturated heterocycles. The molecule has 3 rings (SSSR count). The second kappa shape index (κ2) is 7.77. The van der Waals surface area contributed by atoms with Crippen LogP contribution < -0.4 is 5.32 Å². The highest BCUT2D eigenvalue weighted by Gasteiger charge is 2.27. The molecule has 1 aromatic carbocycles. The lowest BCUT2D eigenvalue weighted by molar-refractivity contribution is -0.114. The summed E-state index contributed by atoms with van der Waals surface area (Å²) < 4.78 is 5.42. The minimum absolute atomic E-state index is 0.0657. The molecule has 2 aliphatic heterocycles. The van der Waals surface area contributed by atoms with Gasteiger partial charge in [0.15, 0.2) is 0 Å². The Morgan fingerprint density at radius 2 is 1.67 bits per heavy atom. The molecular formula is C18H25N3O3. The molecule has 2 fully saturated rings. The van der Waals surface area contributed by atoms with Gasteiger partial charge in [0.2, 0.25) is 5.91 Å². The van der Waals surface area contributed by atoms with Gasteiger partial charge in [-0.15, -0.1) is 0 Å². The summed E-state index contributed by atoms with van der Waals surface area (Å²) in [6.45, 7) is 6.57. The van der Waals surface area contributed by atoms with Crippen LogP contribution in [0.5, 0.6) is 0 Å². The topological polar surface area (TPSA) is 61.9 Å². The van der Waals surface area contributed by atoms with Gasteiger partial charge in [0.25, 0.3) is 5.91 Å². The zero-order valence-corrected chi connectivity index (χ0v) is 14.2. The van der Waals surface area contributed by atoms with Crippen molar-refractivity contribution in [3.63, 3.8) is 0 Å². The van der Waals surface area contributed by atoms with E-state index in [0.29, 0.717) is 17.3 Å². The van der Waals surface area contributed by atoms with Crippen molar-refractivity contribution in [3.8, 4) is 0 Å². The lowest BCUT2D eigenvalue weighted by Gasteiger charge is -2.40. The highest BCUT2D eigenvalue weighted by molar-refractivity contribution is 5.95. The minimum Gasteiger partial charge on any atom is -0.381 e. The fraction of sp³-hybridized carbons (Fsp3) is 0.556. The monoisotopic (exact) mass is 331 g/mol. The molecule has 130 valence electrons. The SMILES string of the molecule is CC(=O)Nc1ccc(C(=O)N2CCN(C3CCOCC3)CC2)cc1. The van der Waals surface area contributed by atoms with Gasteiger partial charge in [0.1, 0.15) is 0 Å². The summed E-state index contributed by atoms with van der Waals surface area (Å²) in [5, 5.41) is 2.71. The number of rotatable bonds is 3. The summed E-state index contributed by atoms with van der Waals surface area (Å²) in [4.78, 5) is 28.1. The first-order valence-electron chi connectivity index (χ1n) is 8.62. The van der Waals surface area contributed by atoms with Crippen molar-refractivity contribution >= 4 is 17.5 Å². The zero-order chi connectivity index (χ0) is 16.9. The third kappa shape index (κ3) is 4.13. The van der Waals surface area contributed by atoms with E-state index in [0.717, 1.165) is 52.2 Å². The van der Waals surface area contributed by atoms with Crippen molar-refractivity contribution in [2.24, 2.45) is 0 Å². The second-order valence-corrected chi connectivity index (χ2v) is 6.43. The van der Waals surface area contributed by atoms with Gasteiger partial charge in [-0.3, -0.25) is 14.5 Å². The Bertz CT molecular complexity index is 574. The number of ether oxygens (including phenoxy) is 1.